The van der Waals surface area contributed by atoms with Gasteiger partial charge in [0.05, 0.1) is 7.11 Å². The van der Waals surface area contributed by atoms with Crippen LogP contribution in [0.1, 0.15) is 5.56 Å². The maximum atomic E-state index is 12.5. The lowest BCUT2D eigenvalue weighted by Crippen LogP contribution is -2.52. The lowest BCUT2D eigenvalue weighted by molar-refractivity contribution is 0.194. The van der Waals surface area contributed by atoms with Crippen molar-refractivity contribution in [3.05, 3.63) is 36.2 Å². The van der Waals surface area contributed by atoms with Gasteiger partial charge in [-0.15, -0.1) is 5.10 Å². The minimum atomic E-state index is -0.0366. The minimum Gasteiger partial charge on any atom is -0.497 e. The number of urea groups is 1. The van der Waals surface area contributed by atoms with Gasteiger partial charge in [0.25, 0.3) is 0 Å². The number of nitrogens with zero attached hydrogens (tertiary/aromatic N) is 7. The fraction of sp³-hybridized carbons (Fsp3) is 0.421. The molecule has 1 saturated heterocycles. The number of fused-ring (bicyclic) bond motifs is 1. The second-order valence-electron chi connectivity index (χ2n) is 6.89. The van der Waals surface area contributed by atoms with Gasteiger partial charge in [-0.3, -0.25) is 0 Å². The van der Waals surface area contributed by atoms with Crippen LogP contribution in [-0.2, 0) is 13.5 Å². The number of nitrogens with one attached hydrogen (secondary N) is 1. The Hall–Kier alpha value is -3.43. The smallest absolute Gasteiger partial charge is 0.317 e. The first kappa shape index (κ1) is 18.9. The van der Waals surface area contributed by atoms with E-state index < -0.39 is 0 Å². The molecule has 3 aromatic rings. The number of methoxy groups -OCH3 is 1. The summed E-state index contributed by atoms with van der Waals surface area (Å²) in [7, 11) is 3.45. The van der Waals surface area contributed by atoms with E-state index in [0.29, 0.717) is 43.9 Å². The third-order valence-electron chi connectivity index (χ3n) is 5.08. The first-order valence-electron chi connectivity index (χ1n) is 9.57. The quantitative estimate of drug-likeness (QED) is 0.682. The number of piperazine rings is 1. The lowest BCUT2D eigenvalue weighted by atomic mass is 10.1. The van der Waals surface area contributed by atoms with Gasteiger partial charge in [-0.25, -0.2) is 19.4 Å². The van der Waals surface area contributed by atoms with E-state index in [0.717, 1.165) is 23.6 Å². The highest BCUT2D eigenvalue weighted by Gasteiger charge is 2.24. The van der Waals surface area contributed by atoms with Crippen LogP contribution in [-0.4, -0.2) is 75.7 Å². The summed E-state index contributed by atoms with van der Waals surface area (Å²) in [6.45, 7) is 3.22. The molecule has 10 nitrogen and oxygen atoms in total. The summed E-state index contributed by atoms with van der Waals surface area (Å²) in [6, 6.07) is 7.84. The summed E-state index contributed by atoms with van der Waals surface area (Å²) in [4.78, 5) is 25.0. The molecular formula is C19H24N8O2. The second-order valence-corrected chi connectivity index (χ2v) is 6.89. The molecule has 0 atom stereocenters. The molecule has 0 unspecified atom stereocenters. The van der Waals surface area contributed by atoms with E-state index in [9.17, 15) is 4.79 Å². The lowest BCUT2D eigenvalue weighted by Gasteiger charge is -2.35. The zero-order chi connectivity index (χ0) is 20.2. The first-order chi connectivity index (χ1) is 14.2. The number of carbonyl (C=O) groups excluding carboxylic acids is 1. The average Bonchev–Trinajstić information content (AvgIpc) is 3.15. The normalized spacial score (nSPS) is 14.3. The molecule has 0 bridgehead atoms. The highest BCUT2D eigenvalue weighted by atomic mass is 16.5. The second kappa shape index (κ2) is 8.29. The van der Waals surface area contributed by atoms with E-state index in [-0.39, 0.29) is 6.03 Å². The van der Waals surface area contributed by atoms with Crippen molar-refractivity contribution >= 4 is 23.0 Å². The van der Waals surface area contributed by atoms with Crippen molar-refractivity contribution in [2.45, 2.75) is 6.42 Å². The van der Waals surface area contributed by atoms with Crippen LogP contribution < -0.4 is 15.0 Å². The number of anilines is 1. The Kier molecular flexibility index (Phi) is 5.41. The number of carbonyl (C=O) groups is 1. The van der Waals surface area contributed by atoms with Gasteiger partial charge in [0.15, 0.2) is 17.0 Å². The number of aromatic nitrogens is 5. The predicted octanol–water partition coefficient (Wildman–Crippen LogP) is 0.841. The van der Waals surface area contributed by atoms with Gasteiger partial charge in [0.2, 0.25) is 0 Å². The molecule has 10 heteroatoms. The van der Waals surface area contributed by atoms with Gasteiger partial charge in [0, 0.05) is 39.8 Å². The van der Waals surface area contributed by atoms with Crippen molar-refractivity contribution in [3.8, 4) is 5.75 Å². The minimum absolute atomic E-state index is 0.0366. The molecule has 0 saturated carbocycles. The van der Waals surface area contributed by atoms with Crippen molar-refractivity contribution in [2.24, 2.45) is 7.05 Å². The third kappa shape index (κ3) is 4.05. The maximum Gasteiger partial charge on any atom is 0.317 e. The standard InChI is InChI=1S/C19H24N8O2/c1-25-17-16(23-24-25)18(22-13-21-17)26-9-11-27(12-10-26)19(28)20-8-7-14-3-5-15(29-2)6-4-14/h3-6,13H,7-12H2,1-2H3,(H,20,28). The zero-order valence-electron chi connectivity index (χ0n) is 16.6. The Balaban J connectivity index is 1.28. The monoisotopic (exact) mass is 396 g/mol. The van der Waals surface area contributed by atoms with Crippen molar-refractivity contribution in [3.63, 3.8) is 0 Å². The fourth-order valence-electron chi connectivity index (χ4n) is 3.41. The Bertz CT molecular complexity index is 980. The van der Waals surface area contributed by atoms with E-state index in [2.05, 4.69) is 30.5 Å². The van der Waals surface area contributed by atoms with Crippen LogP contribution in [0.5, 0.6) is 5.75 Å². The molecule has 0 spiro atoms. The predicted molar refractivity (Wildman–Crippen MR) is 108 cm³/mol. The molecule has 0 radical (unpaired) electrons. The van der Waals surface area contributed by atoms with Gasteiger partial charge in [-0.1, -0.05) is 17.3 Å². The van der Waals surface area contributed by atoms with Crippen LogP contribution in [0, 0.1) is 0 Å². The molecule has 0 aliphatic carbocycles. The highest BCUT2D eigenvalue weighted by Crippen LogP contribution is 2.21. The largest absolute Gasteiger partial charge is 0.497 e. The summed E-state index contributed by atoms with van der Waals surface area (Å²) in [6.07, 6.45) is 2.31. The van der Waals surface area contributed by atoms with Crippen LogP contribution in [0.3, 0.4) is 0 Å². The van der Waals surface area contributed by atoms with Gasteiger partial charge in [-0.2, -0.15) is 0 Å². The van der Waals surface area contributed by atoms with Crippen LogP contribution in [0.25, 0.3) is 11.2 Å². The molecule has 2 aromatic heterocycles. The number of benzene rings is 1. The molecule has 4 rings (SSSR count). The van der Waals surface area contributed by atoms with E-state index >= 15 is 0 Å². The average molecular weight is 396 g/mol. The summed E-state index contributed by atoms with van der Waals surface area (Å²) in [5.41, 5.74) is 2.55. The van der Waals surface area contributed by atoms with Crippen molar-refractivity contribution in [1.29, 1.82) is 0 Å². The van der Waals surface area contributed by atoms with Crippen LogP contribution in [0.4, 0.5) is 10.6 Å². The van der Waals surface area contributed by atoms with Crippen molar-refractivity contribution in [1.82, 2.24) is 35.2 Å². The Morgan fingerprint density at radius 1 is 1.14 bits per heavy atom. The van der Waals surface area contributed by atoms with E-state index in [1.54, 1.807) is 18.8 Å². The molecule has 1 aliphatic heterocycles. The topological polar surface area (TPSA) is 101 Å². The molecule has 2 amide bonds. The van der Waals surface area contributed by atoms with Gasteiger partial charge < -0.3 is 19.9 Å². The van der Waals surface area contributed by atoms with Crippen LogP contribution in [0.15, 0.2) is 30.6 Å². The molecule has 29 heavy (non-hydrogen) atoms. The van der Waals surface area contributed by atoms with E-state index in [1.165, 1.54) is 6.33 Å². The summed E-state index contributed by atoms with van der Waals surface area (Å²) < 4.78 is 6.79. The Morgan fingerprint density at radius 3 is 2.62 bits per heavy atom. The highest BCUT2D eigenvalue weighted by molar-refractivity contribution is 5.82. The maximum absolute atomic E-state index is 12.5. The van der Waals surface area contributed by atoms with Gasteiger partial charge >= 0.3 is 6.03 Å². The van der Waals surface area contributed by atoms with Crippen LogP contribution in [0.2, 0.25) is 0 Å². The summed E-state index contributed by atoms with van der Waals surface area (Å²) >= 11 is 0. The van der Waals surface area contributed by atoms with Gasteiger partial charge in [0.1, 0.15) is 12.1 Å². The molecule has 152 valence electrons. The Labute approximate surface area is 168 Å². The molecule has 1 N–H and O–H groups in total. The number of hydrogen-bond donors (Lipinski definition) is 1. The third-order valence-corrected chi connectivity index (χ3v) is 5.08. The number of hydrogen-bond acceptors (Lipinski definition) is 7. The molecule has 3 heterocycles. The molecule has 1 fully saturated rings. The zero-order valence-corrected chi connectivity index (χ0v) is 16.6. The summed E-state index contributed by atoms with van der Waals surface area (Å²) in [5.74, 6) is 1.60. The van der Waals surface area contributed by atoms with Crippen molar-refractivity contribution < 1.29 is 9.53 Å². The molecule has 1 aromatic carbocycles. The molecular weight excluding hydrogens is 372 g/mol. The van der Waals surface area contributed by atoms with Crippen molar-refractivity contribution in [2.75, 3.05) is 44.7 Å². The van der Waals surface area contributed by atoms with Crippen LogP contribution >= 0.6 is 0 Å². The fourth-order valence-corrected chi connectivity index (χ4v) is 3.41. The molecule has 1 aliphatic rings. The van der Waals surface area contributed by atoms with E-state index in [1.807, 2.05) is 29.2 Å². The van der Waals surface area contributed by atoms with E-state index in [4.69, 9.17) is 4.74 Å². The number of amides is 2. The first-order valence-corrected chi connectivity index (χ1v) is 9.57. The number of rotatable bonds is 5. The number of ether oxygens (including phenoxy) is 1. The summed E-state index contributed by atoms with van der Waals surface area (Å²) in [5, 5.41) is 11.2. The number of aryl methyl sites for hydroxylation is 1. The van der Waals surface area contributed by atoms with Gasteiger partial charge in [-0.05, 0) is 24.1 Å². The Morgan fingerprint density at radius 2 is 1.90 bits per heavy atom. The SMILES string of the molecule is COc1ccc(CCNC(=O)N2CCN(c3ncnc4c3nnn4C)CC2)cc1.